The predicted molar refractivity (Wildman–Crippen MR) is 98.2 cm³/mol. The summed E-state index contributed by atoms with van der Waals surface area (Å²) in [5.74, 6) is 0.0425. The lowest BCUT2D eigenvalue weighted by atomic mass is 10.1. The van der Waals surface area contributed by atoms with Crippen LogP contribution in [0.4, 0.5) is 0 Å². The molecule has 1 atom stereocenters. The fourth-order valence-electron chi connectivity index (χ4n) is 2.89. The zero-order valence-electron chi connectivity index (χ0n) is 14.4. The second-order valence-electron chi connectivity index (χ2n) is 6.09. The van der Waals surface area contributed by atoms with E-state index in [1.54, 1.807) is 15.6 Å². The van der Waals surface area contributed by atoms with Crippen LogP contribution in [0.15, 0.2) is 65.6 Å². The lowest BCUT2D eigenvalue weighted by Gasteiger charge is -2.25. The topological polar surface area (TPSA) is 55.2 Å². The number of benzene rings is 2. The van der Waals surface area contributed by atoms with Gasteiger partial charge in [-0.25, -0.2) is 0 Å². The lowest BCUT2D eigenvalue weighted by molar-refractivity contribution is -0.132. The summed E-state index contributed by atoms with van der Waals surface area (Å²) in [6, 6.07) is 17.3. The Bertz CT molecular complexity index is 934. The molecule has 3 rings (SSSR count). The van der Waals surface area contributed by atoms with E-state index < -0.39 is 0 Å². The minimum atomic E-state index is -0.104. The van der Waals surface area contributed by atoms with E-state index >= 15 is 0 Å². The molecule has 0 saturated carbocycles. The Morgan fingerprint density at radius 1 is 1.12 bits per heavy atom. The molecule has 0 radical (unpaired) electrons. The molecule has 3 aromatic rings. The zero-order valence-corrected chi connectivity index (χ0v) is 14.4. The van der Waals surface area contributed by atoms with Gasteiger partial charge >= 0.3 is 0 Å². The molecule has 0 aliphatic rings. The van der Waals surface area contributed by atoms with Crippen LogP contribution in [0.5, 0.6) is 0 Å². The zero-order chi connectivity index (χ0) is 17.8. The number of carbonyl (C=O) groups is 1. The molecule has 1 amide bonds. The van der Waals surface area contributed by atoms with Gasteiger partial charge in [-0.3, -0.25) is 14.3 Å². The molecule has 0 N–H and O–H groups in total. The minimum Gasteiger partial charge on any atom is -0.339 e. The average molecular weight is 335 g/mol. The molecule has 0 saturated heterocycles. The Morgan fingerprint density at radius 2 is 1.80 bits per heavy atom. The van der Waals surface area contributed by atoms with E-state index in [1.165, 1.54) is 6.20 Å². The van der Waals surface area contributed by atoms with Crippen LogP contribution in [0.25, 0.3) is 10.9 Å². The lowest BCUT2D eigenvalue weighted by Crippen LogP contribution is -2.30. The first-order valence-electron chi connectivity index (χ1n) is 8.33. The smallest absolute Gasteiger partial charge is 0.224 e. The number of fused-ring (bicyclic) bond motifs is 1. The van der Waals surface area contributed by atoms with Gasteiger partial charge in [0.1, 0.15) is 0 Å². The van der Waals surface area contributed by atoms with Crippen LogP contribution in [0.1, 0.15) is 24.9 Å². The molecule has 5 nitrogen and oxygen atoms in total. The molecule has 1 heterocycles. The number of rotatable bonds is 5. The Labute approximate surface area is 146 Å². The van der Waals surface area contributed by atoms with Crippen molar-refractivity contribution in [1.82, 2.24) is 14.7 Å². The Morgan fingerprint density at radius 3 is 2.56 bits per heavy atom. The normalized spacial score (nSPS) is 12.1. The second kappa shape index (κ2) is 7.30. The fraction of sp³-hybridized carbons (Fsp3) is 0.250. The van der Waals surface area contributed by atoms with Crippen molar-refractivity contribution >= 4 is 16.8 Å². The second-order valence-corrected chi connectivity index (χ2v) is 6.09. The van der Waals surface area contributed by atoms with Crippen molar-refractivity contribution in [3.63, 3.8) is 0 Å². The fourth-order valence-corrected chi connectivity index (χ4v) is 2.89. The Hall–Kier alpha value is -2.95. The van der Waals surface area contributed by atoms with Crippen LogP contribution in [0.2, 0.25) is 0 Å². The van der Waals surface area contributed by atoms with Crippen LogP contribution in [0.3, 0.4) is 0 Å². The third-order valence-electron chi connectivity index (χ3n) is 4.56. The van der Waals surface area contributed by atoms with Crippen LogP contribution < -0.4 is 5.43 Å². The molecule has 0 aliphatic heterocycles. The van der Waals surface area contributed by atoms with E-state index in [0.29, 0.717) is 18.4 Å². The molecular weight excluding hydrogens is 314 g/mol. The van der Waals surface area contributed by atoms with E-state index in [1.807, 2.05) is 62.5 Å². The first-order chi connectivity index (χ1) is 12.1. The molecule has 128 valence electrons. The molecule has 0 aliphatic carbocycles. The number of aryl methyl sites for hydroxylation is 1. The van der Waals surface area contributed by atoms with Gasteiger partial charge in [0.2, 0.25) is 11.3 Å². The third kappa shape index (κ3) is 3.60. The van der Waals surface area contributed by atoms with Crippen molar-refractivity contribution in [2.45, 2.75) is 25.9 Å². The van der Waals surface area contributed by atoms with Gasteiger partial charge in [0.25, 0.3) is 0 Å². The van der Waals surface area contributed by atoms with Crippen molar-refractivity contribution in [2.75, 3.05) is 7.05 Å². The summed E-state index contributed by atoms with van der Waals surface area (Å²) in [6.45, 7) is 2.45. The van der Waals surface area contributed by atoms with Crippen molar-refractivity contribution in [1.29, 1.82) is 0 Å². The van der Waals surface area contributed by atoms with Crippen molar-refractivity contribution in [3.8, 4) is 0 Å². The number of nitrogens with zero attached hydrogens (tertiary/aromatic N) is 3. The summed E-state index contributed by atoms with van der Waals surface area (Å²) in [7, 11) is 1.82. The highest BCUT2D eigenvalue weighted by molar-refractivity contribution is 5.79. The molecule has 25 heavy (non-hydrogen) atoms. The summed E-state index contributed by atoms with van der Waals surface area (Å²) in [6.07, 6.45) is 1.64. The minimum absolute atomic E-state index is 0.00687. The standard InChI is InChI=1S/C20H21N3O2/c1-15(16-8-4-3-5-9-16)22(2)20(25)12-13-23-18-11-7-6-10-17(18)19(24)14-21-23/h3-11,14-15H,12-13H2,1-2H3. The summed E-state index contributed by atoms with van der Waals surface area (Å²) in [4.78, 5) is 26.2. The number of amides is 1. The maximum Gasteiger partial charge on any atom is 0.224 e. The van der Waals surface area contributed by atoms with E-state index in [9.17, 15) is 9.59 Å². The van der Waals surface area contributed by atoms with Crippen molar-refractivity contribution in [3.05, 3.63) is 76.6 Å². The van der Waals surface area contributed by atoms with Gasteiger partial charge in [-0.15, -0.1) is 0 Å². The van der Waals surface area contributed by atoms with Gasteiger partial charge in [-0.2, -0.15) is 5.10 Å². The quantitative estimate of drug-likeness (QED) is 0.720. The number of hydrogen-bond donors (Lipinski definition) is 0. The maximum atomic E-state index is 12.6. The van der Waals surface area contributed by atoms with E-state index in [0.717, 1.165) is 11.1 Å². The number of hydrogen-bond acceptors (Lipinski definition) is 3. The summed E-state index contributed by atoms with van der Waals surface area (Å²) < 4.78 is 1.72. The van der Waals surface area contributed by atoms with E-state index in [2.05, 4.69) is 5.10 Å². The predicted octanol–water partition coefficient (Wildman–Crippen LogP) is 3.01. The molecule has 2 aromatic carbocycles. The first-order valence-corrected chi connectivity index (χ1v) is 8.33. The highest BCUT2D eigenvalue weighted by Gasteiger charge is 2.17. The van der Waals surface area contributed by atoms with Gasteiger partial charge < -0.3 is 4.90 Å². The average Bonchev–Trinajstić information content (AvgIpc) is 2.67. The van der Waals surface area contributed by atoms with E-state index in [4.69, 9.17) is 0 Å². The maximum absolute atomic E-state index is 12.6. The highest BCUT2D eigenvalue weighted by Crippen LogP contribution is 2.19. The summed E-state index contributed by atoms with van der Waals surface area (Å²) in [5.41, 5.74) is 1.75. The first kappa shape index (κ1) is 16.9. The summed E-state index contributed by atoms with van der Waals surface area (Å²) >= 11 is 0. The van der Waals surface area contributed by atoms with Crippen LogP contribution in [0, 0.1) is 0 Å². The van der Waals surface area contributed by atoms with Gasteiger partial charge in [-0.05, 0) is 24.6 Å². The SMILES string of the molecule is CC(c1ccccc1)N(C)C(=O)CCn1ncc(=O)c2ccccc21. The third-order valence-corrected chi connectivity index (χ3v) is 4.56. The van der Waals surface area contributed by atoms with Crippen molar-refractivity contribution < 1.29 is 4.79 Å². The van der Waals surface area contributed by atoms with Gasteiger partial charge in [0.05, 0.1) is 24.3 Å². The van der Waals surface area contributed by atoms with Gasteiger partial charge in [-0.1, -0.05) is 42.5 Å². The highest BCUT2D eigenvalue weighted by atomic mass is 16.2. The largest absolute Gasteiger partial charge is 0.339 e. The molecule has 0 spiro atoms. The van der Waals surface area contributed by atoms with Crippen LogP contribution in [-0.4, -0.2) is 27.6 Å². The molecule has 0 fully saturated rings. The number of para-hydroxylation sites is 1. The Balaban J connectivity index is 1.72. The van der Waals surface area contributed by atoms with Crippen LogP contribution in [-0.2, 0) is 11.3 Å². The summed E-state index contributed by atoms with van der Waals surface area (Å²) in [5, 5.41) is 4.80. The van der Waals surface area contributed by atoms with Crippen molar-refractivity contribution in [2.24, 2.45) is 0 Å². The van der Waals surface area contributed by atoms with Crippen LogP contribution >= 0.6 is 0 Å². The number of aromatic nitrogens is 2. The molecule has 1 unspecified atom stereocenters. The monoisotopic (exact) mass is 335 g/mol. The van der Waals surface area contributed by atoms with E-state index in [-0.39, 0.29) is 17.4 Å². The van der Waals surface area contributed by atoms with Gasteiger partial charge in [0.15, 0.2) is 0 Å². The molecular formula is C20H21N3O2. The number of carbonyl (C=O) groups excluding carboxylic acids is 1. The van der Waals surface area contributed by atoms with Gasteiger partial charge in [0, 0.05) is 18.9 Å². The molecule has 0 bridgehead atoms. The molecule has 1 aromatic heterocycles. The molecule has 5 heteroatoms. The Kier molecular flexibility index (Phi) is 4.93.